The molecule has 6 heteroatoms. The Morgan fingerprint density at radius 2 is 1.48 bits per heavy atom. The van der Waals surface area contributed by atoms with Crippen molar-refractivity contribution in [3.05, 3.63) is 53.6 Å². The van der Waals surface area contributed by atoms with E-state index >= 15 is 0 Å². The summed E-state index contributed by atoms with van der Waals surface area (Å²) < 4.78 is 0. The van der Waals surface area contributed by atoms with E-state index in [9.17, 15) is 19.5 Å². The van der Waals surface area contributed by atoms with Gasteiger partial charge in [-0.2, -0.15) is 0 Å². The second kappa shape index (κ2) is 12.4. The van der Waals surface area contributed by atoms with Crippen molar-refractivity contribution in [1.29, 1.82) is 0 Å². The lowest BCUT2D eigenvalue weighted by molar-refractivity contribution is -0.219. The van der Waals surface area contributed by atoms with Crippen molar-refractivity contribution < 1.29 is 19.5 Å². The Kier molecular flexibility index (Phi) is 8.78. The van der Waals surface area contributed by atoms with Gasteiger partial charge in [-0.15, -0.1) is 0 Å². The average Bonchev–Trinajstić information content (AvgIpc) is 3.45. The molecule has 5 fully saturated rings. The summed E-state index contributed by atoms with van der Waals surface area (Å²) >= 11 is 0. The quantitative estimate of drug-likeness (QED) is 0.213. The van der Waals surface area contributed by atoms with Crippen LogP contribution < -0.4 is 10.6 Å². The van der Waals surface area contributed by atoms with Crippen LogP contribution in [0.15, 0.2) is 42.5 Å². The maximum Gasteiger partial charge on any atom is 0.335 e. The summed E-state index contributed by atoms with van der Waals surface area (Å²) in [5.41, 5.74) is 4.16. The summed E-state index contributed by atoms with van der Waals surface area (Å²) in [5, 5.41) is 16.0. The van der Waals surface area contributed by atoms with Gasteiger partial charge in [-0.1, -0.05) is 84.2 Å². The van der Waals surface area contributed by atoms with E-state index in [2.05, 4.69) is 64.8 Å². The molecule has 50 heavy (non-hydrogen) atoms. The Labute approximate surface area is 300 Å². The summed E-state index contributed by atoms with van der Waals surface area (Å²) in [6.07, 6.45) is 17.7. The molecule has 5 saturated carbocycles. The number of amides is 2. The van der Waals surface area contributed by atoms with Crippen LogP contribution in [0.25, 0.3) is 5.57 Å². The van der Waals surface area contributed by atoms with Crippen LogP contribution in [0.4, 0.5) is 0 Å². The Morgan fingerprint density at radius 1 is 0.780 bits per heavy atom. The lowest BCUT2D eigenvalue weighted by atomic mass is 9.33. The Morgan fingerprint density at radius 3 is 2.14 bits per heavy atom. The molecule has 6 aliphatic carbocycles. The number of benzene rings is 1. The van der Waals surface area contributed by atoms with Crippen LogP contribution in [0.3, 0.4) is 0 Å². The highest BCUT2D eigenvalue weighted by Gasteiger charge is 2.70. The van der Waals surface area contributed by atoms with Crippen LogP contribution in [0, 0.1) is 51.2 Å². The first kappa shape index (κ1) is 35.5. The van der Waals surface area contributed by atoms with Crippen LogP contribution in [-0.4, -0.2) is 34.5 Å². The predicted molar refractivity (Wildman–Crippen MR) is 199 cm³/mol. The van der Waals surface area contributed by atoms with Gasteiger partial charge in [0, 0.05) is 11.6 Å². The largest absolute Gasteiger partial charge is 0.478 e. The molecule has 9 atom stereocenters. The van der Waals surface area contributed by atoms with Gasteiger partial charge in [0.1, 0.15) is 0 Å². The number of fused-ring (bicyclic) bond motifs is 7. The summed E-state index contributed by atoms with van der Waals surface area (Å²) in [7, 11) is 0. The fourth-order valence-corrected chi connectivity index (χ4v) is 14.0. The molecule has 1 aromatic carbocycles. The average molecular weight is 683 g/mol. The number of allylic oxidation sites excluding steroid dienone is 3. The SMILES string of the molecule is C=C(C)C1CCC2(NC(=O)C(=O)NC3CCCCC3)CCC3(C)C(CCC4C5(C)CC=C(c6ccc(C(=O)O)cc6)C(C)(C)C5CCC43C)C12. The van der Waals surface area contributed by atoms with Crippen LogP contribution in [0.1, 0.15) is 147 Å². The number of rotatable bonds is 5. The topological polar surface area (TPSA) is 95.5 Å². The van der Waals surface area contributed by atoms with Gasteiger partial charge < -0.3 is 15.7 Å². The maximum absolute atomic E-state index is 13.7. The second-order valence-electron chi connectivity index (χ2n) is 19.0. The zero-order valence-corrected chi connectivity index (χ0v) is 31.6. The molecule has 2 amide bonds. The van der Waals surface area contributed by atoms with Crippen molar-refractivity contribution in [2.75, 3.05) is 0 Å². The van der Waals surface area contributed by atoms with Gasteiger partial charge in [0.2, 0.25) is 0 Å². The van der Waals surface area contributed by atoms with Crippen molar-refractivity contribution in [1.82, 2.24) is 10.6 Å². The van der Waals surface area contributed by atoms with Crippen molar-refractivity contribution in [3.63, 3.8) is 0 Å². The van der Waals surface area contributed by atoms with Crippen molar-refractivity contribution in [3.8, 4) is 0 Å². The van der Waals surface area contributed by atoms with Crippen LogP contribution in [0.2, 0.25) is 0 Å². The number of hydrogen-bond donors (Lipinski definition) is 3. The van der Waals surface area contributed by atoms with Crippen molar-refractivity contribution in [2.45, 2.75) is 143 Å². The second-order valence-corrected chi connectivity index (χ2v) is 19.0. The van der Waals surface area contributed by atoms with E-state index in [1.54, 1.807) is 12.1 Å². The molecule has 1 aromatic rings. The molecule has 9 unspecified atom stereocenters. The van der Waals surface area contributed by atoms with E-state index < -0.39 is 17.8 Å². The molecule has 3 N–H and O–H groups in total. The lowest BCUT2D eigenvalue weighted by Crippen LogP contribution is -2.68. The smallest absolute Gasteiger partial charge is 0.335 e. The van der Waals surface area contributed by atoms with Crippen molar-refractivity contribution in [2.24, 2.45) is 51.2 Å². The molecule has 6 aliphatic rings. The number of carbonyl (C=O) groups excluding carboxylic acids is 2. The molecule has 272 valence electrons. The molecule has 0 heterocycles. The Hall–Kier alpha value is -2.89. The van der Waals surface area contributed by atoms with E-state index in [1.807, 2.05) is 12.1 Å². The standard InChI is InChI=1S/C44H62N2O4/c1-27(2)31-19-24-44(46-38(48)37(47)45-30-11-9-8-10-12-30)26-25-42(6)33(36(31)44)17-18-35-41(5)22-20-32(28-13-15-29(16-14-28)39(49)50)40(3,4)34(41)21-23-43(35,42)7/h13-16,20,30-31,33-36H,1,8-12,17-19,21-26H2,2-7H3,(H,45,47)(H,46,48)(H,49,50). The normalized spacial score (nSPS) is 40.6. The van der Waals surface area contributed by atoms with E-state index in [0.717, 1.165) is 69.8 Å². The van der Waals surface area contributed by atoms with Gasteiger partial charge in [0.25, 0.3) is 0 Å². The Balaban J connectivity index is 1.17. The van der Waals surface area contributed by atoms with E-state index in [-0.39, 0.29) is 33.2 Å². The summed E-state index contributed by atoms with van der Waals surface area (Å²) in [6.45, 7) is 19.4. The highest BCUT2D eigenvalue weighted by Crippen LogP contribution is 2.76. The number of carboxylic acids is 1. The van der Waals surface area contributed by atoms with Gasteiger partial charge in [-0.25, -0.2) is 4.79 Å². The highest BCUT2D eigenvalue weighted by molar-refractivity contribution is 6.35. The van der Waals surface area contributed by atoms with Crippen LogP contribution in [-0.2, 0) is 9.59 Å². The fraction of sp³-hybridized carbons (Fsp3) is 0.705. The molecule has 7 rings (SSSR count). The third kappa shape index (κ3) is 5.27. The number of aromatic carboxylic acids is 1. The molecule has 0 bridgehead atoms. The minimum Gasteiger partial charge on any atom is -0.478 e. The number of hydrogen-bond acceptors (Lipinski definition) is 3. The minimum atomic E-state index is -0.883. The number of carboxylic acid groups (broad SMARTS) is 1. The molecular formula is C44H62N2O4. The lowest BCUT2D eigenvalue weighted by Gasteiger charge is -2.72. The summed E-state index contributed by atoms with van der Waals surface area (Å²) in [6, 6.07) is 7.63. The molecule has 0 radical (unpaired) electrons. The van der Waals surface area contributed by atoms with Gasteiger partial charge in [0.05, 0.1) is 5.56 Å². The maximum atomic E-state index is 13.7. The van der Waals surface area contributed by atoms with Crippen LogP contribution >= 0.6 is 0 Å². The van der Waals surface area contributed by atoms with E-state index in [4.69, 9.17) is 0 Å². The van der Waals surface area contributed by atoms with Crippen LogP contribution in [0.5, 0.6) is 0 Å². The monoisotopic (exact) mass is 682 g/mol. The first-order valence-corrected chi connectivity index (χ1v) is 19.9. The predicted octanol–water partition coefficient (Wildman–Crippen LogP) is 9.35. The van der Waals surface area contributed by atoms with Gasteiger partial charge in [0.15, 0.2) is 0 Å². The first-order chi connectivity index (χ1) is 23.6. The molecule has 0 aromatic heterocycles. The Bertz CT molecular complexity index is 1590. The van der Waals surface area contributed by atoms with Gasteiger partial charge in [-0.3, -0.25) is 9.59 Å². The summed E-state index contributed by atoms with van der Waals surface area (Å²) in [5.74, 6) is 0.511. The molecule has 0 spiro atoms. The zero-order valence-electron chi connectivity index (χ0n) is 31.6. The fourth-order valence-electron chi connectivity index (χ4n) is 14.0. The van der Waals surface area contributed by atoms with Gasteiger partial charge in [-0.05, 0) is 152 Å². The minimum absolute atomic E-state index is 0.0302. The molecule has 6 nitrogen and oxygen atoms in total. The third-order valence-corrected chi connectivity index (χ3v) is 16.6. The molecule has 0 saturated heterocycles. The number of carbonyl (C=O) groups is 3. The zero-order chi connectivity index (χ0) is 35.9. The molecule has 0 aliphatic heterocycles. The van der Waals surface area contributed by atoms with Crippen molar-refractivity contribution >= 4 is 23.4 Å². The highest BCUT2D eigenvalue weighted by atomic mass is 16.4. The summed E-state index contributed by atoms with van der Waals surface area (Å²) in [4.78, 5) is 38.5. The van der Waals surface area contributed by atoms with E-state index in [0.29, 0.717) is 35.2 Å². The third-order valence-electron chi connectivity index (χ3n) is 16.6. The molecular weight excluding hydrogens is 620 g/mol. The van der Waals surface area contributed by atoms with E-state index in [1.165, 1.54) is 36.8 Å². The van der Waals surface area contributed by atoms with Gasteiger partial charge >= 0.3 is 17.8 Å². The number of nitrogens with one attached hydrogen (secondary N) is 2. The first-order valence-electron chi connectivity index (χ1n) is 19.9.